The molecule has 0 bridgehead atoms. The van der Waals surface area contributed by atoms with E-state index in [4.69, 9.17) is 0 Å². The molecule has 24 heavy (non-hydrogen) atoms. The predicted molar refractivity (Wildman–Crippen MR) is 97.2 cm³/mol. The van der Waals surface area contributed by atoms with Crippen LogP contribution in [0, 0.1) is 5.92 Å². The van der Waals surface area contributed by atoms with Gasteiger partial charge in [-0.1, -0.05) is 44.2 Å². The van der Waals surface area contributed by atoms with E-state index >= 15 is 0 Å². The normalized spacial score (nSPS) is 11.0. The first-order valence-corrected chi connectivity index (χ1v) is 8.02. The summed E-state index contributed by atoms with van der Waals surface area (Å²) in [5, 5.41) is 4.54. The number of aromatic nitrogens is 1. The van der Waals surface area contributed by atoms with E-state index in [1.54, 1.807) is 4.57 Å². The van der Waals surface area contributed by atoms with Crippen molar-refractivity contribution in [1.82, 2.24) is 4.57 Å². The molecule has 122 valence electrons. The highest BCUT2D eigenvalue weighted by Crippen LogP contribution is 2.14. The van der Waals surface area contributed by atoms with Gasteiger partial charge in [0.1, 0.15) is 0 Å². The van der Waals surface area contributed by atoms with Crippen LogP contribution in [-0.4, -0.2) is 10.5 Å². The van der Waals surface area contributed by atoms with Crippen molar-refractivity contribution in [1.29, 1.82) is 0 Å². The third kappa shape index (κ3) is 3.38. The van der Waals surface area contributed by atoms with Crippen molar-refractivity contribution in [2.24, 2.45) is 5.92 Å². The van der Waals surface area contributed by atoms with Gasteiger partial charge < -0.3 is 9.88 Å². The number of hydrogen-bond acceptors (Lipinski definition) is 2. The topological polar surface area (TPSA) is 51.1 Å². The van der Waals surface area contributed by atoms with Crippen LogP contribution in [0.2, 0.25) is 0 Å². The van der Waals surface area contributed by atoms with Crippen molar-refractivity contribution in [2.75, 3.05) is 5.32 Å². The van der Waals surface area contributed by atoms with E-state index in [9.17, 15) is 9.59 Å². The Kier molecular flexibility index (Phi) is 4.47. The molecule has 0 radical (unpaired) electrons. The minimum atomic E-state index is -0.0724. The summed E-state index contributed by atoms with van der Waals surface area (Å²) in [6, 6.07) is 17.1. The third-order valence-corrected chi connectivity index (χ3v) is 3.96. The maximum atomic E-state index is 12.6. The van der Waals surface area contributed by atoms with Crippen LogP contribution in [0.1, 0.15) is 19.4 Å². The summed E-state index contributed by atoms with van der Waals surface area (Å²) in [6.45, 7) is 4.18. The van der Waals surface area contributed by atoms with Crippen LogP contribution in [0.5, 0.6) is 0 Å². The number of carbonyl (C=O) groups excluding carboxylic acids is 1. The van der Waals surface area contributed by atoms with E-state index < -0.39 is 0 Å². The Labute approximate surface area is 140 Å². The molecule has 0 unspecified atom stereocenters. The van der Waals surface area contributed by atoms with Crippen LogP contribution in [0.15, 0.2) is 65.6 Å². The monoisotopic (exact) mass is 320 g/mol. The molecule has 0 aliphatic heterocycles. The van der Waals surface area contributed by atoms with E-state index in [2.05, 4.69) is 5.32 Å². The molecule has 2 aromatic carbocycles. The highest BCUT2D eigenvalue weighted by atomic mass is 16.1. The third-order valence-electron chi connectivity index (χ3n) is 3.96. The van der Waals surface area contributed by atoms with Crippen molar-refractivity contribution in [3.05, 3.63) is 76.7 Å². The zero-order valence-corrected chi connectivity index (χ0v) is 13.8. The van der Waals surface area contributed by atoms with Crippen molar-refractivity contribution >= 4 is 22.4 Å². The fourth-order valence-electron chi connectivity index (χ4n) is 2.59. The minimum Gasteiger partial charge on any atom is -0.326 e. The lowest BCUT2D eigenvalue weighted by Gasteiger charge is -2.11. The number of fused-ring (bicyclic) bond motifs is 1. The van der Waals surface area contributed by atoms with Crippen LogP contribution in [0.25, 0.3) is 10.8 Å². The van der Waals surface area contributed by atoms with Crippen LogP contribution in [0.3, 0.4) is 0 Å². The molecular formula is C20H20N2O2. The lowest BCUT2D eigenvalue weighted by atomic mass is 10.1. The molecule has 0 atom stereocenters. The van der Waals surface area contributed by atoms with Crippen molar-refractivity contribution in [2.45, 2.75) is 20.4 Å². The van der Waals surface area contributed by atoms with Gasteiger partial charge in [-0.3, -0.25) is 9.59 Å². The van der Waals surface area contributed by atoms with Gasteiger partial charge >= 0.3 is 0 Å². The second-order valence-electron chi connectivity index (χ2n) is 6.18. The van der Waals surface area contributed by atoms with Gasteiger partial charge in [-0.05, 0) is 35.2 Å². The summed E-state index contributed by atoms with van der Waals surface area (Å²) in [4.78, 5) is 24.4. The van der Waals surface area contributed by atoms with Gasteiger partial charge in [0, 0.05) is 23.2 Å². The Morgan fingerprint density at radius 3 is 2.67 bits per heavy atom. The van der Waals surface area contributed by atoms with Crippen LogP contribution < -0.4 is 10.9 Å². The summed E-state index contributed by atoms with van der Waals surface area (Å²) in [7, 11) is 0. The lowest BCUT2D eigenvalue weighted by molar-refractivity contribution is -0.118. The van der Waals surface area contributed by atoms with Gasteiger partial charge in [-0.2, -0.15) is 0 Å². The second kappa shape index (κ2) is 6.71. The SMILES string of the molecule is CC(C)C(=O)Nc1cccc(Cn2ccc3ccccc3c2=O)c1. The standard InChI is InChI=1S/C20H20N2O2/c1-14(2)19(23)21-17-8-5-6-15(12-17)13-22-11-10-16-7-3-4-9-18(16)20(22)24/h3-12,14H,13H2,1-2H3,(H,21,23). The van der Waals surface area contributed by atoms with Gasteiger partial charge in [0.25, 0.3) is 5.56 Å². The van der Waals surface area contributed by atoms with Gasteiger partial charge in [0.15, 0.2) is 0 Å². The van der Waals surface area contributed by atoms with Gasteiger partial charge in [0.2, 0.25) is 5.91 Å². The number of nitrogens with one attached hydrogen (secondary N) is 1. The first-order valence-electron chi connectivity index (χ1n) is 8.02. The van der Waals surface area contributed by atoms with E-state index in [0.717, 1.165) is 16.6 Å². The van der Waals surface area contributed by atoms with Gasteiger partial charge in [-0.25, -0.2) is 0 Å². The van der Waals surface area contributed by atoms with E-state index in [1.807, 2.05) is 74.6 Å². The number of hydrogen-bond donors (Lipinski definition) is 1. The average molecular weight is 320 g/mol. The molecule has 3 rings (SSSR count). The highest BCUT2D eigenvalue weighted by Gasteiger charge is 2.08. The summed E-state index contributed by atoms with van der Waals surface area (Å²) >= 11 is 0. The van der Waals surface area contributed by atoms with Crippen LogP contribution >= 0.6 is 0 Å². The number of benzene rings is 2. The largest absolute Gasteiger partial charge is 0.326 e. The summed E-state index contributed by atoms with van der Waals surface area (Å²) in [5.74, 6) is -0.0909. The Hall–Kier alpha value is -2.88. The molecule has 0 spiro atoms. The molecule has 4 nitrogen and oxygen atoms in total. The average Bonchev–Trinajstić information content (AvgIpc) is 2.58. The second-order valence-corrected chi connectivity index (χ2v) is 6.18. The number of amides is 1. The van der Waals surface area contributed by atoms with Crippen molar-refractivity contribution in [3.8, 4) is 0 Å². The minimum absolute atomic E-state index is 0.00952. The molecule has 0 saturated heterocycles. The number of carbonyl (C=O) groups is 1. The first kappa shape index (κ1) is 16.0. The zero-order chi connectivity index (χ0) is 17.1. The zero-order valence-electron chi connectivity index (χ0n) is 13.8. The molecule has 1 aromatic heterocycles. The Balaban J connectivity index is 1.88. The Bertz CT molecular complexity index is 942. The molecule has 3 aromatic rings. The fraction of sp³-hybridized carbons (Fsp3) is 0.200. The molecule has 0 aliphatic rings. The lowest BCUT2D eigenvalue weighted by Crippen LogP contribution is -2.20. The Morgan fingerprint density at radius 1 is 1.08 bits per heavy atom. The van der Waals surface area contributed by atoms with Gasteiger partial charge in [-0.15, -0.1) is 0 Å². The molecule has 0 fully saturated rings. The quantitative estimate of drug-likeness (QED) is 0.798. The van der Waals surface area contributed by atoms with E-state index in [1.165, 1.54) is 0 Å². The fourth-order valence-corrected chi connectivity index (χ4v) is 2.59. The summed E-state index contributed by atoms with van der Waals surface area (Å²) < 4.78 is 1.69. The molecule has 4 heteroatoms. The molecule has 0 saturated carbocycles. The molecule has 0 aliphatic carbocycles. The first-order chi connectivity index (χ1) is 11.5. The molecular weight excluding hydrogens is 300 g/mol. The molecule has 1 heterocycles. The summed E-state index contributed by atoms with van der Waals surface area (Å²) in [6.07, 6.45) is 1.81. The maximum absolute atomic E-state index is 12.6. The Morgan fingerprint density at radius 2 is 1.88 bits per heavy atom. The molecule has 1 N–H and O–H groups in total. The molecule has 1 amide bonds. The number of pyridine rings is 1. The predicted octanol–water partition coefficient (Wildman–Crippen LogP) is 3.64. The van der Waals surface area contributed by atoms with Crippen LogP contribution in [0.4, 0.5) is 5.69 Å². The van der Waals surface area contributed by atoms with Gasteiger partial charge in [0.05, 0.1) is 6.54 Å². The van der Waals surface area contributed by atoms with Crippen molar-refractivity contribution in [3.63, 3.8) is 0 Å². The van der Waals surface area contributed by atoms with E-state index in [-0.39, 0.29) is 17.4 Å². The van der Waals surface area contributed by atoms with E-state index in [0.29, 0.717) is 11.9 Å². The smallest absolute Gasteiger partial charge is 0.258 e. The van der Waals surface area contributed by atoms with Crippen LogP contribution in [-0.2, 0) is 11.3 Å². The maximum Gasteiger partial charge on any atom is 0.258 e. The number of rotatable bonds is 4. The van der Waals surface area contributed by atoms with Crippen molar-refractivity contribution < 1.29 is 4.79 Å². The number of nitrogens with zero attached hydrogens (tertiary/aromatic N) is 1. The highest BCUT2D eigenvalue weighted by molar-refractivity contribution is 5.92. The summed E-state index contributed by atoms with van der Waals surface area (Å²) in [5.41, 5.74) is 1.71. The number of anilines is 1.